The van der Waals surface area contributed by atoms with Crippen LogP contribution in [-0.4, -0.2) is 11.5 Å². The van der Waals surface area contributed by atoms with Crippen molar-refractivity contribution < 1.29 is 0 Å². The molecule has 0 bridgehead atoms. The molecule has 0 amide bonds. The highest BCUT2D eigenvalue weighted by Crippen LogP contribution is 2.36. The molecule has 76 valence electrons. The largest absolute Gasteiger partial charge is 0.389 e. The highest BCUT2D eigenvalue weighted by molar-refractivity contribution is 7.19. The van der Waals surface area contributed by atoms with Crippen molar-refractivity contribution in [3.05, 3.63) is 36.0 Å². The van der Waals surface area contributed by atoms with Crippen LogP contribution in [0.15, 0.2) is 30.5 Å². The van der Waals surface area contributed by atoms with Gasteiger partial charge >= 0.3 is 0 Å². The third-order valence-corrected chi connectivity index (χ3v) is 3.48. The number of anilines is 3. The molecule has 1 aromatic heterocycles. The van der Waals surface area contributed by atoms with Gasteiger partial charge in [0.1, 0.15) is 5.00 Å². The second-order valence-electron chi connectivity index (χ2n) is 3.58. The molecule has 0 saturated carbocycles. The summed E-state index contributed by atoms with van der Waals surface area (Å²) in [6, 6.07) is 8.46. The molecule has 0 aliphatic carbocycles. The normalized spacial score (nSPS) is 14.3. The molecule has 2 N–H and O–H groups in total. The lowest BCUT2D eigenvalue weighted by Crippen LogP contribution is -2.12. The van der Waals surface area contributed by atoms with Gasteiger partial charge in [-0.3, -0.25) is 0 Å². The minimum absolute atomic E-state index is 0.773. The van der Waals surface area contributed by atoms with Gasteiger partial charge in [0.05, 0.1) is 6.20 Å². The summed E-state index contributed by atoms with van der Waals surface area (Å²) in [6.45, 7) is 1.01. The van der Waals surface area contributed by atoms with Crippen LogP contribution >= 0.6 is 11.3 Å². The fraction of sp³-hybridized carbons (Fsp3) is 0.182. The van der Waals surface area contributed by atoms with E-state index in [1.54, 1.807) is 17.5 Å². The van der Waals surface area contributed by atoms with Gasteiger partial charge in [-0.1, -0.05) is 29.5 Å². The average Bonchev–Trinajstić information content (AvgIpc) is 2.83. The van der Waals surface area contributed by atoms with Crippen LogP contribution in [0.2, 0.25) is 0 Å². The molecular formula is C11H11N3S. The van der Waals surface area contributed by atoms with E-state index < -0.39 is 0 Å². The van der Waals surface area contributed by atoms with Crippen LogP contribution in [0.5, 0.6) is 0 Å². The molecule has 1 aliphatic heterocycles. The fourth-order valence-corrected chi connectivity index (χ4v) is 2.66. The lowest BCUT2D eigenvalue weighted by Gasteiger charge is -2.14. The Morgan fingerprint density at radius 2 is 2.20 bits per heavy atom. The number of rotatable bonds is 1. The number of benzene rings is 1. The van der Waals surface area contributed by atoms with Gasteiger partial charge in [-0.2, -0.15) is 0 Å². The molecule has 2 aromatic rings. The lowest BCUT2D eigenvalue weighted by atomic mass is 10.2. The van der Waals surface area contributed by atoms with Gasteiger partial charge < -0.3 is 10.6 Å². The summed E-state index contributed by atoms with van der Waals surface area (Å²) in [4.78, 5) is 6.55. The molecule has 3 rings (SSSR count). The summed E-state index contributed by atoms with van der Waals surface area (Å²) >= 11 is 1.54. The van der Waals surface area contributed by atoms with Gasteiger partial charge in [0, 0.05) is 12.2 Å². The molecule has 0 radical (unpaired) electrons. The van der Waals surface area contributed by atoms with Gasteiger partial charge in [-0.25, -0.2) is 4.98 Å². The number of hydrogen-bond donors (Lipinski definition) is 1. The van der Waals surface area contributed by atoms with E-state index in [-0.39, 0.29) is 0 Å². The molecule has 15 heavy (non-hydrogen) atoms. The molecular weight excluding hydrogens is 206 g/mol. The Morgan fingerprint density at radius 3 is 3.00 bits per heavy atom. The Morgan fingerprint density at radius 1 is 1.33 bits per heavy atom. The van der Waals surface area contributed by atoms with Gasteiger partial charge in [-0.15, -0.1) is 0 Å². The van der Waals surface area contributed by atoms with Gasteiger partial charge in [0.15, 0.2) is 5.13 Å². The van der Waals surface area contributed by atoms with Crippen molar-refractivity contribution in [2.24, 2.45) is 0 Å². The maximum atomic E-state index is 5.70. The van der Waals surface area contributed by atoms with Crippen LogP contribution in [0.4, 0.5) is 15.8 Å². The second-order valence-corrected chi connectivity index (χ2v) is 4.62. The zero-order valence-electron chi connectivity index (χ0n) is 8.18. The van der Waals surface area contributed by atoms with Crippen molar-refractivity contribution in [1.82, 2.24) is 4.98 Å². The van der Waals surface area contributed by atoms with Crippen LogP contribution in [0.25, 0.3) is 0 Å². The van der Waals surface area contributed by atoms with Crippen molar-refractivity contribution >= 4 is 27.2 Å². The van der Waals surface area contributed by atoms with Gasteiger partial charge in [0.25, 0.3) is 0 Å². The Kier molecular flexibility index (Phi) is 1.89. The van der Waals surface area contributed by atoms with Gasteiger partial charge in [-0.05, 0) is 18.1 Å². The van der Waals surface area contributed by atoms with E-state index in [1.165, 1.54) is 11.3 Å². The molecule has 1 aromatic carbocycles. The monoisotopic (exact) mass is 217 g/mol. The quantitative estimate of drug-likeness (QED) is 0.797. The van der Waals surface area contributed by atoms with E-state index in [9.17, 15) is 0 Å². The molecule has 3 nitrogen and oxygen atoms in total. The standard InChI is InChI=1S/C11H11N3S/c12-10-7-13-11(15-10)14-6-5-8-3-1-2-4-9(8)14/h1-4,7H,5-6,12H2. The minimum Gasteiger partial charge on any atom is -0.389 e. The number of nitrogens with zero attached hydrogens (tertiary/aromatic N) is 2. The molecule has 0 saturated heterocycles. The Labute approximate surface area is 92.2 Å². The first-order valence-electron chi connectivity index (χ1n) is 4.91. The predicted molar refractivity (Wildman–Crippen MR) is 63.7 cm³/mol. The summed E-state index contributed by atoms with van der Waals surface area (Å²) in [5.74, 6) is 0. The molecule has 0 atom stereocenters. The number of nitrogens with two attached hydrogens (primary N) is 1. The van der Waals surface area contributed by atoms with E-state index in [1.807, 2.05) is 0 Å². The first-order chi connectivity index (χ1) is 7.34. The van der Waals surface area contributed by atoms with Crippen LogP contribution in [0.3, 0.4) is 0 Å². The number of hydrogen-bond acceptors (Lipinski definition) is 4. The number of aromatic nitrogens is 1. The minimum atomic E-state index is 0.773. The average molecular weight is 217 g/mol. The summed E-state index contributed by atoms with van der Waals surface area (Å²) in [5, 5.41) is 1.77. The SMILES string of the molecule is Nc1cnc(N2CCc3ccccc32)s1. The first kappa shape index (κ1) is 8.73. The van der Waals surface area contributed by atoms with E-state index in [4.69, 9.17) is 5.73 Å². The molecule has 0 fully saturated rings. The van der Waals surface area contributed by atoms with Crippen LogP contribution < -0.4 is 10.6 Å². The van der Waals surface area contributed by atoms with Crippen LogP contribution in [0.1, 0.15) is 5.56 Å². The number of para-hydroxylation sites is 1. The van der Waals surface area contributed by atoms with E-state index >= 15 is 0 Å². The van der Waals surface area contributed by atoms with Crippen molar-refractivity contribution in [1.29, 1.82) is 0 Å². The zero-order valence-corrected chi connectivity index (χ0v) is 9.00. The molecule has 0 unspecified atom stereocenters. The number of fused-ring (bicyclic) bond motifs is 1. The van der Waals surface area contributed by atoms with Crippen molar-refractivity contribution in [2.75, 3.05) is 17.2 Å². The number of thiazole rings is 1. The van der Waals surface area contributed by atoms with E-state index in [0.717, 1.165) is 23.1 Å². The highest BCUT2D eigenvalue weighted by atomic mass is 32.1. The molecule has 0 spiro atoms. The predicted octanol–water partition coefficient (Wildman–Crippen LogP) is 2.42. The van der Waals surface area contributed by atoms with Crippen molar-refractivity contribution in [2.45, 2.75) is 6.42 Å². The van der Waals surface area contributed by atoms with E-state index in [2.05, 4.69) is 34.1 Å². The first-order valence-corrected chi connectivity index (χ1v) is 5.73. The van der Waals surface area contributed by atoms with Gasteiger partial charge in [0.2, 0.25) is 0 Å². The summed E-state index contributed by atoms with van der Waals surface area (Å²) in [6.07, 6.45) is 2.82. The van der Waals surface area contributed by atoms with Crippen molar-refractivity contribution in [3.63, 3.8) is 0 Å². The Hall–Kier alpha value is -1.55. The third-order valence-electron chi connectivity index (χ3n) is 2.63. The third kappa shape index (κ3) is 1.37. The topological polar surface area (TPSA) is 42.1 Å². The molecule has 1 aliphatic rings. The maximum absolute atomic E-state index is 5.70. The summed E-state index contributed by atoms with van der Waals surface area (Å²) in [7, 11) is 0. The smallest absolute Gasteiger partial charge is 0.191 e. The summed E-state index contributed by atoms with van der Waals surface area (Å²) < 4.78 is 0. The summed E-state index contributed by atoms with van der Waals surface area (Å²) in [5.41, 5.74) is 8.36. The van der Waals surface area contributed by atoms with Crippen LogP contribution in [-0.2, 0) is 6.42 Å². The highest BCUT2D eigenvalue weighted by Gasteiger charge is 2.21. The Balaban J connectivity index is 2.04. The molecule has 2 heterocycles. The van der Waals surface area contributed by atoms with Crippen LogP contribution in [0, 0.1) is 0 Å². The maximum Gasteiger partial charge on any atom is 0.191 e. The lowest BCUT2D eigenvalue weighted by molar-refractivity contribution is 0.990. The number of nitrogen functional groups attached to an aromatic ring is 1. The fourth-order valence-electron chi connectivity index (χ4n) is 1.94. The second kappa shape index (κ2) is 3.24. The zero-order chi connectivity index (χ0) is 10.3. The Bertz CT molecular complexity index is 492. The van der Waals surface area contributed by atoms with Crippen molar-refractivity contribution in [3.8, 4) is 0 Å². The van der Waals surface area contributed by atoms with E-state index in [0.29, 0.717) is 0 Å². The molecule has 4 heteroatoms.